The molecule has 3 rings (SSSR count). The third kappa shape index (κ3) is 1.12. The van der Waals surface area contributed by atoms with Crippen LogP contribution in [0.5, 0.6) is 0 Å². The topological polar surface area (TPSA) is 12.4 Å². The summed E-state index contributed by atoms with van der Waals surface area (Å²) >= 11 is 1.92. The molecule has 1 aliphatic carbocycles. The molecule has 2 aliphatic heterocycles. The third-order valence-corrected chi connectivity index (χ3v) is 3.78. The predicted octanol–water partition coefficient (Wildman–Crippen LogP) is 3.07. The van der Waals surface area contributed by atoms with E-state index in [1.807, 2.05) is 11.8 Å². The first-order valence-electron chi connectivity index (χ1n) is 4.76. The van der Waals surface area contributed by atoms with Crippen LogP contribution >= 0.6 is 11.8 Å². The minimum Gasteiger partial charge on any atom is -0.242 e. The molecule has 0 N–H and O–H groups in total. The SMILES string of the molecule is C1=CCC2=C3CCCSC3=NC2=C1. The van der Waals surface area contributed by atoms with Gasteiger partial charge in [-0.15, -0.1) is 11.8 Å². The van der Waals surface area contributed by atoms with Gasteiger partial charge in [0.05, 0.1) is 5.70 Å². The van der Waals surface area contributed by atoms with Crippen molar-refractivity contribution in [3.05, 3.63) is 35.1 Å². The van der Waals surface area contributed by atoms with E-state index in [1.54, 1.807) is 0 Å². The molecule has 0 unspecified atom stereocenters. The quantitative estimate of drug-likeness (QED) is 0.570. The van der Waals surface area contributed by atoms with Crippen molar-refractivity contribution in [2.45, 2.75) is 19.3 Å². The lowest BCUT2D eigenvalue weighted by atomic mass is 9.98. The van der Waals surface area contributed by atoms with Crippen LogP contribution in [0.25, 0.3) is 0 Å². The molecule has 0 atom stereocenters. The van der Waals surface area contributed by atoms with Crippen molar-refractivity contribution >= 4 is 16.8 Å². The highest BCUT2D eigenvalue weighted by Gasteiger charge is 2.25. The summed E-state index contributed by atoms with van der Waals surface area (Å²) in [7, 11) is 0. The lowest BCUT2D eigenvalue weighted by Crippen LogP contribution is -2.04. The molecular weight excluding hydrogens is 178 g/mol. The summed E-state index contributed by atoms with van der Waals surface area (Å²) in [5.41, 5.74) is 4.25. The first-order chi connectivity index (χ1) is 6.45. The number of hydrogen-bond acceptors (Lipinski definition) is 2. The summed E-state index contributed by atoms with van der Waals surface area (Å²) in [5.74, 6) is 1.25. The average molecular weight is 189 g/mol. The van der Waals surface area contributed by atoms with Crippen LogP contribution in [0.4, 0.5) is 0 Å². The molecule has 0 bridgehead atoms. The van der Waals surface area contributed by atoms with Crippen LogP contribution in [0.15, 0.2) is 40.1 Å². The molecular formula is C11H11NS. The van der Waals surface area contributed by atoms with Crippen molar-refractivity contribution in [2.24, 2.45) is 4.99 Å². The van der Waals surface area contributed by atoms with Crippen molar-refractivity contribution in [3.63, 3.8) is 0 Å². The van der Waals surface area contributed by atoms with E-state index in [2.05, 4.69) is 23.2 Å². The first kappa shape index (κ1) is 7.63. The molecule has 0 radical (unpaired) electrons. The van der Waals surface area contributed by atoms with Crippen LogP contribution in [-0.2, 0) is 0 Å². The van der Waals surface area contributed by atoms with Gasteiger partial charge in [-0.2, -0.15) is 0 Å². The third-order valence-electron chi connectivity index (χ3n) is 2.68. The fourth-order valence-electron chi connectivity index (χ4n) is 2.03. The Morgan fingerprint density at radius 3 is 3.31 bits per heavy atom. The molecule has 2 heterocycles. The Morgan fingerprint density at radius 1 is 1.31 bits per heavy atom. The van der Waals surface area contributed by atoms with Crippen LogP contribution < -0.4 is 0 Å². The molecule has 0 amide bonds. The maximum Gasteiger partial charge on any atom is 0.100 e. The van der Waals surface area contributed by atoms with Gasteiger partial charge in [0.25, 0.3) is 0 Å². The highest BCUT2D eigenvalue weighted by molar-refractivity contribution is 8.14. The molecule has 0 aromatic carbocycles. The number of thioether (sulfide) groups is 1. The van der Waals surface area contributed by atoms with Crippen molar-refractivity contribution < 1.29 is 0 Å². The van der Waals surface area contributed by atoms with Crippen LogP contribution in [0.3, 0.4) is 0 Å². The molecule has 3 aliphatic rings. The zero-order valence-corrected chi connectivity index (χ0v) is 8.23. The number of hydrogen-bond donors (Lipinski definition) is 0. The normalized spacial score (nSPS) is 25.2. The van der Waals surface area contributed by atoms with Crippen molar-refractivity contribution in [2.75, 3.05) is 5.75 Å². The molecule has 0 spiro atoms. The van der Waals surface area contributed by atoms with E-state index in [9.17, 15) is 0 Å². The average Bonchev–Trinajstić information content (AvgIpc) is 2.56. The second-order valence-corrected chi connectivity index (χ2v) is 4.59. The summed E-state index contributed by atoms with van der Waals surface area (Å²) in [4.78, 5) is 4.65. The zero-order chi connectivity index (χ0) is 8.67. The summed E-state index contributed by atoms with van der Waals surface area (Å²) in [6.45, 7) is 0. The van der Waals surface area contributed by atoms with Gasteiger partial charge in [0.15, 0.2) is 0 Å². The van der Waals surface area contributed by atoms with Gasteiger partial charge in [0.2, 0.25) is 0 Å². The minimum atomic E-state index is 1.09. The van der Waals surface area contributed by atoms with E-state index in [0.29, 0.717) is 0 Å². The molecule has 0 aromatic rings. The summed E-state index contributed by atoms with van der Waals surface area (Å²) in [6, 6.07) is 0. The maximum absolute atomic E-state index is 4.65. The Labute approximate surface area is 82.3 Å². The first-order valence-corrected chi connectivity index (χ1v) is 5.75. The van der Waals surface area contributed by atoms with Gasteiger partial charge in [-0.1, -0.05) is 12.2 Å². The van der Waals surface area contributed by atoms with Crippen molar-refractivity contribution in [1.29, 1.82) is 0 Å². The summed E-state index contributed by atoms with van der Waals surface area (Å²) < 4.78 is 0. The van der Waals surface area contributed by atoms with Gasteiger partial charge in [0, 0.05) is 0 Å². The van der Waals surface area contributed by atoms with Gasteiger partial charge >= 0.3 is 0 Å². The number of allylic oxidation sites excluding steroid dienone is 4. The molecule has 2 heteroatoms. The fourth-order valence-corrected chi connectivity index (χ4v) is 3.08. The van der Waals surface area contributed by atoms with Gasteiger partial charge in [-0.05, 0) is 42.2 Å². The molecule has 1 nitrogen and oxygen atoms in total. The van der Waals surface area contributed by atoms with Crippen LogP contribution in [0, 0.1) is 0 Å². The second kappa shape index (κ2) is 2.88. The highest BCUT2D eigenvalue weighted by Crippen LogP contribution is 2.39. The van der Waals surface area contributed by atoms with Crippen molar-refractivity contribution in [1.82, 2.24) is 0 Å². The van der Waals surface area contributed by atoms with Gasteiger partial charge in [0.1, 0.15) is 5.04 Å². The minimum absolute atomic E-state index is 1.09. The van der Waals surface area contributed by atoms with Crippen LogP contribution in [-0.4, -0.2) is 10.8 Å². The monoisotopic (exact) mass is 189 g/mol. The largest absolute Gasteiger partial charge is 0.242 e. The number of nitrogens with zero attached hydrogens (tertiary/aromatic N) is 1. The number of fused-ring (bicyclic) bond motifs is 2. The molecule has 0 saturated carbocycles. The van der Waals surface area contributed by atoms with Crippen molar-refractivity contribution in [3.8, 4) is 0 Å². The zero-order valence-electron chi connectivity index (χ0n) is 7.42. The smallest absolute Gasteiger partial charge is 0.100 e. The Bertz CT molecular complexity index is 372. The summed E-state index contributed by atoms with van der Waals surface area (Å²) in [5, 5.41) is 1.30. The lowest BCUT2D eigenvalue weighted by molar-refractivity contribution is 0.932. The van der Waals surface area contributed by atoms with Gasteiger partial charge < -0.3 is 0 Å². The molecule has 13 heavy (non-hydrogen) atoms. The maximum atomic E-state index is 4.65. The number of aliphatic imine (C=N–C) groups is 1. The predicted molar refractivity (Wildman–Crippen MR) is 58.0 cm³/mol. The second-order valence-electron chi connectivity index (χ2n) is 3.51. The Morgan fingerprint density at radius 2 is 2.31 bits per heavy atom. The molecule has 1 fully saturated rings. The van der Waals surface area contributed by atoms with E-state index >= 15 is 0 Å². The van der Waals surface area contributed by atoms with E-state index in [-0.39, 0.29) is 0 Å². The highest BCUT2D eigenvalue weighted by atomic mass is 32.2. The van der Waals surface area contributed by atoms with E-state index in [1.165, 1.54) is 40.5 Å². The van der Waals surface area contributed by atoms with Crippen LogP contribution in [0.1, 0.15) is 19.3 Å². The Kier molecular flexibility index (Phi) is 1.69. The van der Waals surface area contributed by atoms with E-state index in [4.69, 9.17) is 0 Å². The Balaban J connectivity index is 2.10. The van der Waals surface area contributed by atoms with E-state index < -0.39 is 0 Å². The lowest BCUT2D eigenvalue weighted by Gasteiger charge is -2.14. The van der Waals surface area contributed by atoms with Gasteiger partial charge in [-0.25, -0.2) is 4.99 Å². The number of rotatable bonds is 0. The molecule has 1 saturated heterocycles. The van der Waals surface area contributed by atoms with Gasteiger partial charge in [-0.3, -0.25) is 0 Å². The molecule has 66 valence electrons. The Hall–Kier alpha value is -0.760. The standard InChI is InChI=1S/C11H11NS/c1-2-6-10-8(4-1)9-5-3-7-13-11(9)12-10/h1-2,6H,3-5,7H2. The summed E-state index contributed by atoms with van der Waals surface area (Å²) in [6.07, 6.45) is 10.1. The van der Waals surface area contributed by atoms with Crippen LogP contribution in [0.2, 0.25) is 0 Å². The fraction of sp³-hybridized carbons (Fsp3) is 0.364. The van der Waals surface area contributed by atoms with E-state index in [0.717, 1.165) is 6.42 Å². The molecule has 0 aromatic heterocycles.